The van der Waals surface area contributed by atoms with Gasteiger partial charge in [0, 0.05) is 11.4 Å². The maximum atomic E-state index is 12.5. The minimum Gasteiger partial charge on any atom is -0.496 e. The number of aromatic nitrogens is 2. The molecule has 0 aliphatic heterocycles. The number of nitrogens with one attached hydrogen (secondary N) is 1. The van der Waals surface area contributed by atoms with Crippen LogP contribution in [0.15, 0.2) is 41.5 Å². The van der Waals surface area contributed by atoms with E-state index in [9.17, 15) is 9.59 Å². The third kappa shape index (κ3) is 3.94. The number of thiophene rings is 1. The van der Waals surface area contributed by atoms with Crippen molar-refractivity contribution in [1.82, 2.24) is 14.9 Å². The van der Waals surface area contributed by atoms with Crippen LogP contribution in [0.5, 0.6) is 5.75 Å². The van der Waals surface area contributed by atoms with Crippen LogP contribution in [0.1, 0.15) is 17.4 Å². The summed E-state index contributed by atoms with van der Waals surface area (Å²) in [7, 11) is 1.63. The van der Waals surface area contributed by atoms with Crippen molar-refractivity contribution in [3.8, 4) is 5.75 Å². The lowest BCUT2D eigenvalue weighted by Crippen LogP contribution is -2.33. The zero-order valence-corrected chi connectivity index (χ0v) is 15.6. The first-order chi connectivity index (χ1) is 12.6. The Hall–Kier alpha value is -2.67. The van der Waals surface area contributed by atoms with Crippen molar-refractivity contribution in [2.24, 2.45) is 0 Å². The van der Waals surface area contributed by atoms with E-state index >= 15 is 0 Å². The molecule has 3 rings (SSSR count). The van der Waals surface area contributed by atoms with Gasteiger partial charge in [-0.25, -0.2) is 4.98 Å². The average molecular weight is 371 g/mol. The molecule has 1 amide bonds. The first-order valence-corrected chi connectivity index (χ1v) is 9.30. The normalized spacial score (nSPS) is 10.8. The van der Waals surface area contributed by atoms with E-state index in [1.165, 1.54) is 22.2 Å². The molecule has 0 radical (unpaired) electrons. The van der Waals surface area contributed by atoms with Gasteiger partial charge in [-0.15, -0.1) is 11.3 Å². The number of rotatable bonds is 7. The number of carbonyl (C=O) groups excluding carboxylic acids is 1. The lowest BCUT2D eigenvalue weighted by atomic mass is 10.1. The topological polar surface area (TPSA) is 73.2 Å². The molecule has 0 aliphatic carbocycles. The largest absolute Gasteiger partial charge is 0.496 e. The van der Waals surface area contributed by atoms with Crippen LogP contribution < -0.4 is 15.6 Å². The summed E-state index contributed by atoms with van der Waals surface area (Å²) in [6.07, 6.45) is 2.97. The molecule has 136 valence electrons. The van der Waals surface area contributed by atoms with E-state index in [2.05, 4.69) is 10.3 Å². The van der Waals surface area contributed by atoms with Gasteiger partial charge in [0.15, 0.2) is 0 Å². The Bertz CT molecular complexity index is 978. The van der Waals surface area contributed by atoms with Crippen LogP contribution >= 0.6 is 11.3 Å². The minimum atomic E-state index is -0.214. The summed E-state index contributed by atoms with van der Waals surface area (Å²) >= 11 is 1.52. The highest BCUT2D eigenvalue weighted by Gasteiger charge is 2.11. The standard InChI is InChI=1S/C19H21N3O3S/c1-3-14-10-15-18(26-14)21-12-22(19(15)24)11-17(23)20-9-8-13-6-4-5-7-16(13)25-2/h4-7,10,12H,3,8-9,11H2,1-2H3,(H,20,23). The third-order valence-corrected chi connectivity index (χ3v) is 5.33. The summed E-state index contributed by atoms with van der Waals surface area (Å²) < 4.78 is 6.65. The van der Waals surface area contributed by atoms with Crippen molar-refractivity contribution < 1.29 is 9.53 Å². The number of hydrogen-bond acceptors (Lipinski definition) is 5. The minimum absolute atomic E-state index is 0.0367. The van der Waals surface area contributed by atoms with Gasteiger partial charge >= 0.3 is 0 Å². The van der Waals surface area contributed by atoms with Crippen molar-refractivity contribution in [1.29, 1.82) is 0 Å². The molecule has 2 aromatic heterocycles. The Balaban J connectivity index is 1.62. The summed E-state index contributed by atoms with van der Waals surface area (Å²) in [6.45, 7) is 2.48. The van der Waals surface area contributed by atoms with E-state index in [0.29, 0.717) is 18.4 Å². The zero-order valence-electron chi connectivity index (χ0n) is 14.8. The maximum absolute atomic E-state index is 12.5. The summed E-state index contributed by atoms with van der Waals surface area (Å²) in [5.74, 6) is 0.589. The van der Waals surface area contributed by atoms with Crippen molar-refractivity contribution >= 4 is 27.5 Å². The molecule has 0 bridgehead atoms. The molecule has 26 heavy (non-hydrogen) atoms. The second-order valence-electron chi connectivity index (χ2n) is 5.87. The number of hydrogen-bond donors (Lipinski definition) is 1. The third-order valence-electron chi connectivity index (χ3n) is 4.14. The Labute approximate surface area is 155 Å². The van der Waals surface area contributed by atoms with Gasteiger partial charge in [0.25, 0.3) is 5.56 Å². The molecule has 0 atom stereocenters. The van der Waals surface area contributed by atoms with Crippen LogP contribution in [0.25, 0.3) is 10.2 Å². The highest BCUT2D eigenvalue weighted by atomic mass is 32.1. The molecular weight excluding hydrogens is 350 g/mol. The van der Waals surface area contributed by atoms with E-state index in [4.69, 9.17) is 4.74 Å². The highest BCUT2D eigenvalue weighted by molar-refractivity contribution is 7.18. The molecule has 6 nitrogen and oxygen atoms in total. The molecule has 0 aliphatic rings. The number of benzene rings is 1. The number of amides is 1. The smallest absolute Gasteiger partial charge is 0.262 e. The number of carbonyl (C=O) groups is 1. The SMILES string of the molecule is CCc1cc2c(=O)n(CC(=O)NCCc3ccccc3OC)cnc2s1. The van der Waals surface area contributed by atoms with Crippen molar-refractivity contribution in [3.63, 3.8) is 0 Å². The van der Waals surface area contributed by atoms with E-state index in [1.54, 1.807) is 7.11 Å². The summed E-state index contributed by atoms with van der Waals surface area (Å²) in [5.41, 5.74) is 0.853. The molecule has 7 heteroatoms. The molecule has 0 saturated carbocycles. The fourth-order valence-corrected chi connectivity index (χ4v) is 3.68. The number of ether oxygens (including phenoxy) is 1. The predicted octanol–water partition coefficient (Wildman–Crippen LogP) is 2.39. The number of methoxy groups -OCH3 is 1. The van der Waals surface area contributed by atoms with Gasteiger partial charge in [0.2, 0.25) is 5.91 Å². The number of aryl methyl sites for hydroxylation is 1. The highest BCUT2D eigenvalue weighted by Crippen LogP contribution is 2.21. The first kappa shape index (κ1) is 18.1. The summed E-state index contributed by atoms with van der Waals surface area (Å²) in [4.78, 5) is 30.8. The Morgan fingerprint density at radius 2 is 2.15 bits per heavy atom. The lowest BCUT2D eigenvalue weighted by molar-refractivity contribution is -0.121. The summed E-state index contributed by atoms with van der Waals surface area (Å²) in [5, 5.41) is 3.42. The van der Waals surface area contributed by atoms with Crippen molar-refractivity contribution in [2.45, 2.75) is 26.3 Å². The second-order valence-corrected chi connectivity index (χ2v) is 6.99. The fraction of sp³-hybridized carbons (Fsp3) is 0.316. The van der Waals surface area contributed by atoms with Crippen LogP contribution in [0, 0.1) is 0 Å². The van der Waals surface area contributed by atoms with Crippen LogP contribution in [-0.4, -0.2) is 29.1 Å². The van der Waals surface area contributed by atoms with Gasteiger partial charge in [0.1, 0.15) is 17.1 Å². The lowest BCUT2D eigenvalue weighted by Gasteiger charge is -2.09. The molecule has 1 N–H and O–H groups in total. The van der Waals surface area contributed by atoms with Crippen LogP contribution in [0.4, 0.5) is 0 Å². The Kier molecular flexibility index (Phi) is 5.68. The molecule has 1 aromatic carbocycles. The molecule has 0 unspecified atom stereocenters. The fourth-order valence-electron chi connectivity index (χ4n) is 2.75. The molecule has 3 aromatic rings. The van der Waals surface area contributed by atoms with Gasteiger partial charge in [-0.05, 0) is 30.5 Å². The van der Waals surface area contributed by atoms with Gasteiger partial charge in [-0.3, -0.25) is 14.2 Å². The van der Waals surface area contributed by atoms with Crippen molar-refractivity contribution in [3.05, 3.63) is 57.5 Å². The van der Waals surface area contributed by atoms with Gasteiger partial charge in [-0.1, -0.05) is 25.1 Å². The zero-order chi connectivity index (χ0) is 18.5. The van der Waals surface area contributed by atoms with Gasteiger partial charge in [0.05, 0.1) is 18.8 Å². The molecule has 0 fully saturated rings. The monoisotopic (exact) mass is 371 g/mol. The number of para-hydroxylation sites is 1. The Morgan fingerprint density at radius 3 is 2.92 bits per heavy atom. The van der Waals surface area contributed by atoms with Crippen LogP contribution in [0.3, 0.4) is 0 Å². The first-order valence-electron chi connectivity index (χ1n) is 8.48. The quantitative estimate of drug-likeness (QED) is 0.692. The van der Waals surface area contributed by atoms with E-state index in [0.717, 1.165) is 27.4 Å². The molecule has 0 saturated heterocycles. The molecular formula is C19H21N3O3S. The van der Waals surface area contributed by atoms with E-state index < -0.39 is 0 Å². The van der Waals surface area contributed by atoms with Crippen LogP contribution in [0.2, 0.25) is 0 Å². The average Bonchev–Trinajstić information content (AvgIpc) is 3.09. The van der Waals surface area contributed by atoms with Crippen molar-refractivity contribution in [2.75, 3.05) is 13.7 Å². The van der Waals surface area contributed by atoms with Gasteiger partial charge in [-0.2, -0.15) is 0 Å². The Morgan fingerprint density at radius 1 is 1.35 bits per heavy atom. The molecule has 2 heterocycles. The summed E-state index contributed by atoms with van der Waals surface area (Å²) in [6, 6.07) is 9.57. The number of nitrogens with zero attached hydrogens (tertiary/aromatic N) is 2. The predicted molar refractivity (Wildman–Crippen MR) is 103 cm³/mol. The maximum Gasteiger partial charge on any atom is 0.262 e. The van der Waals surface area contributed by atoms with Gasteiger partial charge < -0.3 is 10.1 Å². The number of fused-ring (bicyclic) bond motifs is 1. The van der Waals surface area contributed by atoms with E-state index in [1.807, 2.05) is 37.3 Å². The van der Waals surface area contributed by atoms with Crippen LogP contribution in [-0.2, 0) is 24.2 Å². The second kappa shape index (κ2) is 8.14. The molecule has 0 spiro atoms. The van der Waals surface area contributed by atoms with E-state index in [-0.39, 0.29) is 18.0 Å².